The first-order valence-electron chi connectivity index (χ1n) is 40.9. The largest absolute Gasteiger partial charge is 0.481 e. The predicted octanol–water partition coefficient (Wildman–Crippen LogP) is 27.9. The van der Waals surface area contributed by atoms with Gasteiger partial charge in [0.1, 0.15) is 0 Å². The molecule has 0 amide bonds. The summed E-state index contributed by atoms with van der Waals surface area (Å²) in [5.41, 5.74) is -0.264. The van der Waals surface area contributed by atoms with E-state index in [-0.39, 0.29) is 35.2 Å². The van der Waals surface area contributed by atoms with Crippen LogP contribution in [0.1, 0.15) is 456 Å². The fraction of sp³-hybridized carbons (Fsp3) is 0.952. The maximum absolute atomic E-state index is 13.6. The molecule has 0 rings (SSSR count). The molecule has 0 aromatic carbocycles. The zero-order chi connectivity index (χ0) is 68.5. The standard InChI is InChI=1S/C30H60O2.C24H48O2.C21H42O2.C8H16O2/c1-7-13-17-19-23-28(21-15-9-3)26-32-29(31)30(12-6,24-16-10-4)25-27(20-11-5)22-18-14-8-2;1-3-5-7-8-9-10-11-12-13-14-15-16-17-18-19-21-23-26-24(25)22-20-6-4-2;1-5-7-17-20(6-2)21(22)23-18-15-13-11-9-8-10-12-14-16-19(3)4;1-3-5-6-7(4-2)8(9)10/h27-28H,7-26H2,1-6H3;3-23H2,1-2H3;19-20H,5-18H2,1-4H3;7H,3-6H2,1-2H3,(H,9,10). The van der Waals surface area contributed by atoms with Gasteiger partial charge in [-0.25, -0.2) is 0 Å². The van der Waals surface area contributed by atoms with Crippen molar-refractivity contribution in [1.29, 1.82) is 0 Å². The smallest absolute Gasteiger partial charge is 0.312 e. The van der Waals surface area contributed by atoms with E-state index in [0.717, 1.165) is 121 Å². The van der Waals surface area contributed by atoms with Crippen molar-refractivity contribution in [3.63, 3.8) is 0 Å². The highest BCUT2D eigenvalue weighted by atomic mass is 16.5. The quantitative estimate of drug-likeness (QED) is 0.0364. The predicted molar refractivity (Wildman–Crippen MR) is 398 cm³/mol. The summed E-state index contributed by atoms with van der Waals surface area (Å²) in [7, 11) is 0. The third-order valence-corrected chi connectivity index (χ3v) is 19.2. The molecule has 0 aliphatic carbocycles. The Hall–Kier alpha value is -2.12. The molecule has 91 heavy (non-hydrogen) atoms. The minimum atomic E-state index is -0.643. The van der Waals surface area contributed by atoms with Gasteiger partial charge >= 0.3 is 23.9 Å². The number of aliphatic carboxylic acids is 1. The maximum Gasteiger partial charge on any atom is 0.312 e. The zero-order valence-electron chi connectivity index (χ0n) is 64.4. The van der Waals surface area contributed by atoms with Crippen molar-refractivity contribution in [3.8, 4) is 0 Å². The van der Waals surface area contributed by atoms with Crippen LogP contribution in [0.4, 0.5) is 0 Å². The van der Waals surface area contributed by atoms with Crippen molar-refractivity contribution >= 4 is 23.9 Å². The van der Waals surface area contributed by atoms with E-state index in [2.05, 4.69) is 90.0 Å². The summed E-state index contributed by atoms with van der Waals surface area (Å²) in [6.45, 7) is 32.8. The average Bonchev–Trinajstić information content (AvgIpc) is 2.09. The van der Waals surface area contributed by atoms with Gasteiger partial charge in [0.2, 0.25) is 0 Å². The minimum absolute atomic E-state index is 0.000547. The molecular weight excluding hydrogens is 1120 g/mol. The van der Waals surface area contributed by atoms with E-state index in [1.54, 1.807) is 0 Å². The van der Waals surface area contributed by atoms with E-state index in [0.29, 0.717) is 38.1 Å². The first-order valence-corrected chi connectivity index (χ1v) is 40.9. The number of carboxylic acid groups (broad SMARTS) is 1. The topological polar surface area (TPSA) is 116 Å². The summed E-state index contributed by atoms with van der Waals surface area (Å²) < 4.78 is 16.9. The molecule has 8 heteroatoms. The molecule has 0 fully saturated rings. The first-order chi connectivity index (χ1) is 44.2. The molecule has 0 aliphatic rings. The lowest BCUT2D eigenvalue weighted by atomic mass is 9.71. The van der Waals surface area contributed by atoms with Crippen molar-refractivity contribution < 1.29 is 38.5 Å². The van der Waals surface area contributed by atoms with Gasteiger partial charge in [-0.3, -0.25) is 19.2 Å². The fourth-order valence-electron chi connectivity index (χ4n) is 12.6. The van der Waals surface area contributed by atoms with E-state index < -0.39 is 5.97 Å². The highest BCUT2D eigenvalue weighted by Crippen LogP contribution is 2.41. The first kappa shape index (κ1) is 95.3. The number of ether oxygens (including phenoxy) is 3. The van der Waals surface area contributed by atoms with Gasteiger partial charge in [-0.2, -0.15) is 0 Å². The number of carbonyl (C=O) groups is 4. The number of carboxylic acids is 1. The molecule has 0 aromatic heterocycles. The van der Waals surface area contributed by atoms with Crippen LogP contribution in [0.2, 0.25) is 0 Å². The van der Waals surface area contributed by atoms with E-state index in [4.69, 9.17) is 19.3 Å². The van der Waals surface area contributed by atoms with Gasteiger partial charge in [-0.15, -0.1) is 0 Å². The number of hydrogen-bond donors (Lipinski definition) is 1. The molecule has 0 aromatic rings. The van der Waals surface area contributed by atoms with Crippen LogP contribution in [-0.2, 0) is 33.4 Å². The molecule has 5 atom stereocenters. The molecule has 0 radical (unpaired) electrons. The van der Waals surface area contributed by atoms with Gasteiger partial charge < -0.3 is 19.3 Å². The Morgan fingerprint density at radius 2 is 0.703 bits per heavy atom. The number of carbonyl (C=O) groups excluding carboxylic acids is 3. The van der Waals surface area contributed by atoms with Crippen LogP contribution in [0.5, 0.6) is 0 Å². The lowest BCUT2D eigenvalue weighted by molar-refractivity contribution is -0.160. The normalized spacial score (nSPS) is 13.1. The van der Waals surface area contributed by atoms with Crippen LogP contribution in [0.15, 0.2) is 0 Å². The van der Waals surface area contributed by atoms with E-state index >= 15 is 0 Å². The lowest BCUT2D eigenvalue weighted by Gasteiger charge is -2.35. The molecule has 0 aliphatic heterocycles. The summed E-state index contributed by atoms with van der Waals surface area (Å²) in [4.78, 5) is 47.4. The van der Waals surface area contributed by atoms with E-state index in [9.17, 15) is 19.2 Å². The van der Waals surface area contributed by atoms with Crippen LogP contribution in [0.3, 0.4) is 0 Å². The molecular formula is C83H166O8. The Labute approximate surface area is 570 Å². The number of unbranched alkanes of at least 4 members (excludes halogenated alkanes) is 33. The second-order valence-electron chi connectivity index (χ2n) is 28.5. The van der Waals surface area contributed by atoms with Gasteiger partial charge in [0, 0.05) is 6.42 Å². The Morgan fingerprint density at radius 1 is 0.341 bits per heavy atom. The highest BCUT2D eigenvalue weighted by Gasteiger charge is 2.40. The van der Waals surface area contributed by atoms with Gasteiger partial charge in [0.15, 0.2) is 0 Å². The van der Waals surface area contributed by atoms with E-state index in [1.165, 1.54) is 238 Å². The Balaban J connectivity index is -0.000000585. The second kappa shape index (κ2) is 76.9. The average molecular weight is 1290 g/mol. The molecule has 0 bridgehead atoms. The van der Waals surface area contributed by atoms with Gasteiger partial charge in [0.05, 0.1) is 37.1 Å². The molecule has 8 nitrogen and oxygen atoms in total. The van der Waals surface area contributed by atoms with Crippen LogP contribution < -0.4 is 0 Å². The Bertz CT molecular complexity index is 1460. The molecule has 0 spiro atoms. The molecule has 5 unspecified atom stereocenters. The molecule has 546 valence electrons. The second-order valence-corrected chi connectivity index (χ2v) is 28.5. The van der Waals surface area contributed by atoms with Gasteiger partial charge in [-0.05, 0) is 94.8 Å². The molecule has 0 heterocycles. The third kappa shape index (κ3) is 67.7. The van der Waals surface area contributed by atoms with Crippen LogP contribution in [0, 0.1) is 35.0 Å². The summed E-state index contributed by atoms with van der Waals surface area (Å²) in [6.07, 6.45) is 68.6. The third-order valence-electron chi connectivity index (χ3n) is 19.2. The summed E-state index contributed by atoms with van der Waals surface area (Å²) in [5, 5.41) is 8.60. The monoisotopic (exact) mass is 1290 g/mol. The summed E-state index contributed by atoms with van der Waals surface area (Å²) in [6, 6.07) is 0. The van der Waals surface area contributed by atoms with Gasteiger partial charge in [-0.1, -0.05) is 373 Å². The zero-order valence-corrected chi connectivity index (χ0v) is 64.4. The number of hydrogen-bond acceptors (Lipinski definition) is 7. The lowest BCUT2D eigenvalue weighted by Crippen LogP contribution is -2.36. The molecule has 1 N–H and O–H groups in total. The fourth-order valence-corrected chi connectivity index (χ4v) is 12.6. The van der Waals surface area contributed by atoms with Crippen LogP contribution in [-0.4, -0.2) is 48.8 Å². The maximum atomic E-state index is 13.6. The molecule has 0 saturated heterocycles. The Morgan fingerprint density at radius 3 is 1.14 bits per heavy atom. The van der Waals surface area contributed by atoms with Crippen LogP contribution >= 0.6 is 0 Å². The summed E-state index contributed by atoms with van der Waals surface area (Å²) in [5.74, 6) is 1.60. The summed E-state index contributed by atoms with van der Waals surface area (Å²) >= 11 is 0. The van der Waals surface area contributed by atoms with Gasteiger partial charge in [0.25, 0.3) is 0 Å². The molecule has 0 saturated carbocycles. The Kier molecular flexibility index (Phi) is 80.5. The van der Waals surface area contributed by atoms with Crippen molar-refractivity contribution in [2.24, 2.45) is 35.0 Å². The van der Waals surface area contributed by atoms with Crippen molar-refractivity contribution in [2.75, 3.05) is 19.8 Å². The SMILES string of the molecule is CCCCC(CC)C(=O)O.CCCCC(CC)C(=O)OCCCCCCCCCCC(C)C.CCCCCCC(CCCC)COC(=O)C(CC)(CCCC)CC(CCC)CCCCC.CCCCCCCCCCCCCCCCCCOC(=O)CCCCC. The van der Waals surface area contributed by atoms with Crippen molar-refractivity contribution in [3.05, 3.63) is 0 Å². The number of rotatable bonds is 65. The van der Waals surface area contributed by atoms with E-state index in [1.807, 2.05) is 6.92 Å². The van der Waals surface area contributed by atoms with Crippen LogP contribution in [0.25, 0.3) is 0 Å². The van der Waals surface area contributed by atoms with Crippen molar-refractivity contribution in [2.45, 2.75) is 456 Å². The number of esters is 3. The minimum Gasteiger partial charge on any atom is -0.481 e. The highest BCUT2D eigenvalue weighted by molar-refractivity contribution is 5.77. The van der Waals surface area contributed by atoms with Crippen molar-refractivity contribution in [1.82, 2.24) is 0 Å².